The quantitative estimate of drug-likeness (QED) is 0.0417. The van der Waals surface area contributed by atoms with Crippen molar-refractivity contribution in [2.75, 3.05) is 13.2 Å². The number of unbranched alkanes of at least 4 members (excludes halogenated alkanes) is 58. The van der Waals surface area contributed by atoms with Crippen LogP contribution >= 0.6 is 0 Å². The lowest BCUT2D eigenvalue weighted by Crippen LogP contribution is -2.45. The molecule has 2 unspecified atom stereocenters. The zero-order valence-electron chi connectivity index (χ0n) is 53.4. The van der Waals surface area contributed by atoms with Crippen molar-refractivity contribution < 1.29 is 24.5 Å². The summed E-state index contributed by atoms with van der Waals surface area (Å²) in [6.45, 7) is 5.00. The zero-order chi connectivity index (χ0) is 56.4. The molecule has 78 heavy (non-hydrogen) atoms. The number of amides is 1. The van der Waals surface area contributed by atoms with Crippen LogP contribution in [0.25, 0.3) is 0 Å². The summed E-state index contributed by atoms with van der Waals surface area (Å²) < 4.78 is 5.48. The molecule has 0 aromatic heterocycles. The monoisotopic (exact) mass is 1100 g/mol. The first-order valence-electron chi connectivity index (χ1n) is 36.3. The summed E-state index contributed by atoms with van der Waals surface area (Å²) in [6, 6.07) is -0.541. The van der Waals surface area contributed by atoms with E-state index < -0.39 is 12.1 Å². The molecule has 0 aliphatic heterocycles. The highest BCUT2D eigenvalue weighted by Gasteiger charge is 2.20. The number of aliphatic hydroxyl groups excluding tert-OH is 2. The minimum absolute atomic E-state index is 0.0177. The van der Waals surface area contributed by atoms with E-state index in [2.05, 4.69) is 19.2 Å². The minimum Gasteiger partial charge on any atom is -0.466 e. The lowest BCUT2D eigenvalue weighted by atomic mass is 10.0. The summed E-state index contributed by atoms with van der Waals surface area (Å²) in [5.74, 6) is -0.00989. The van der Waals surface area contributed by atoms with Gasteiger partial charge in [-0.2, -0.15) is 0 Å². The minimum atomic E-state index is -0.664. The molecule has 0 radical (unpaired) electrons. The molecule has 3 N–H and O–H groups in total. The van der Waals surface area contributed by atoms with Gasteiger partial charge < -0.3 is 20.3 Å². The van der Waals surface area contributed by atoms with Gasteiger partial charge in [0.2, 0.25) is 5.91 Å². The van der Waals surface area contributed by atoms with Crippen molar-refractivity contribution in [3.63, 3.8) is 0 Å². The van der Waals surface area contributed by atoms with Crippen LogP contribution in [0, 0.1) is 0 Å². The Morgan fingerprint density at radius 3 is 0.782 bits per heavy atom. The third kappa shape index (κ3) is 64.0. The molecule has 6 nitrogen and oxygen atoms in total. The summed E-state index contributed by atoms with van der Waals surface area (Å²) in [5, 5.41) is 23.5. The van der Waals surface area contributed by atoms with Gasteiger partial charge in [-0.05, 0) is 25.7 Å². The Balaban J connectivity index is 3.36. The van der Waals surface area contributed by atoms with Crippen LogP contribution in [-0.4, -0.2) is 47.4 Å². The van der Waals surface area contributed by atoms with Crippen LogP contribution in [0.1, 0.15) is 425 Å². The van der Waals surface area contributed by atoms with E-state index >= 15 is 0 Å². The summed E-state index contributed by atoms with van der Waals surface area (Å²) in [4.78, 5) is 24.6. The fraction of sp³-hybridized carbons (Fsp3) is 0.972. The van der Waals surface area contributed by atoms with E-state index in [1.807, 2.05) is 0 Å². The zero-order valence-corrected chi connectivity index (χ0v) is 53.4. The van der Waals surface area contributed by atoms with Gasteiger partial charge in [-0.15, -0.1) is 0 Å². The molecule has 1 amide bonds. The number of aliphatic hydroxyl groups is 2. The Morgan fingerprint density at radius 1 is 0.308 bits per heavy atom. The standard InChI is InChI=1S/C72H143NO5/c1-3-5-7-9-11-13-15-17-18-19-20-21-22-23-26-29-32-35-38-41-44-48-52-56-60-64-70(75)69(68-74)73-71(76)65-61-57-53-49-45-42-39-36-33-30-27-24-25-28-31-34-37-40-43-47-51-55-59-63-67-78-72(77)66-62-58-54-50-46-16-14-12-10-8-6-4-2/h69-70,74-75H,3-68H2,1-2H3,(H,73,76). The molecule has 0 bridgehead atoms. The molecular formula is C72H143NO5. The number of rotatable bonds is 69. The van der Waals surface area contributed by atoms with E-state index in [4.69, 9.17) is 4.74 Å². The summed E-state index contributed by atoms with van der Waals surface area (Å²) in [5.41, 5.74) is 0. The van der Waals surface area contributed by atoms with Crippen molar-refractivity contribution in [2.45, 2.75) is 437 Å². The summed E-state index contributed by atoms with van der Waals surface area (Å²) in [6.07, 6.45) is 83.0. The second-order valence-corrected chi connectivity index (χ2v) is 25.3. The number of carbonyl (C=O) groups excluding carboxylic acids is 2. The molecule has 0 spiro atoms. The molecule has 6 heteroatoms. The normalized spacial score (nSPS) is 12.4. The summed E-state index contributed by atoms with van der Waals surface area (Å²) >= 11 is 0. The molecule has 0 aromatic carbocycles. The van der Waals surface area contributed by atoms with Crippen molar-refractivity contribution in [2.24, 2.45) is 0 Å². The number of hydrogen-bond acceptors (Lipinski definition) is 5. The smallest absolute Gasteiger partial charge is 0.305 e. The first-order valence-corrected chi connectivity index (χ1v) is 36.3. The van der Waals surface area contributed by atoms with E-state index in [0.29, 0.717) is 25.9 Å². The average molecular weight is 1100 g/mol. The molecular weight excluding hydrogens is 959 g/mol. The number of esters is 1. The van der Waals surface area contributed by atoms with Gasteiger partial charge in [0.15, 0.2) is 0 Å². The van der Waals surface area contributed by atoms with Crippen molar-refractivity contribution in [3.8, 4) is 0 Å². The first-order chi connectivity index (χ1) is 38.5. The predicted molar refractivity (Wildman–Crippen MR) is 343 cm³/mol. The molecule has 0 heterocycles. The fourth-order valence-corrected chi connectivity index (χ4v) is 11.9. The highest BCUT2D eigenvalue weighted by Crippen LogP contribution is 2.20. The number of hydrogen-bond donors (Lipinski definition) is 3. The van der Waals surface area contributed by atoms with Crippen molar-refractivity contribution in [1.82, 2.24) is 5.32 Å². The maximum absolute atomic E-state index is 12.6. The van der Waals surface area contributed by atoms with Crippen LogP contribution < -0.4 is 5.32 Å². The van der Waals surface area contributed by atoms with Crippen molar-refractivity contribution in [3.05, 3.63) is 0 Å². The molecule has 2 atom stereocenters. The van der Waals surface area contributed by atoms with Gasteiger partial charge in [0.25, 0.3) is 0 Å². The lowest BCUT2D eigenvalue weighted by molar-refractivity contribution is -0.143. The third-order valence-corrected chi connectivity index (χ3v) is 17.4. The summed E-state index contributed by atoms with van der Waals surface area (Å²) in [7, 11) is 0. The lowest BCUT2D eigenvalue weighted by Gasteiger charge is -2.22. The van der Waals surface area contributed by atoms with Crippen molar-refractivity contribution in [1.29, 1.82) is 0 Å². The second kappa shape index (κ2) is 68.4. The molecule has 0 saturated carbocycles. The highest BCUT2D eigenvalue weighted by molar-refractivity contribution is 5.76. The Morgan fingerprint density at radius 2 is 0.526 bits per heavy atom. The first kappa shape index (κ1) is 76.9. The molecule has 466 valence electrons. The third-order valence-electron chi connectivity index (χ3n) is 17.4. The molecule has 0 rings (SSSR count). The number of carbonyl (C=O) groups is 2. The van der Waals surface area contributed by atoms with Crippen LogP contribution in [0.15, 0.2) is 0 Å². The van der Waals surface area contributed by atoms with Gasteiger partial charge in [-0.25, -0.2) is 0 Å². The molecule has 0 aliphatic carbocycles. The molecule has 0 fully saturated rings. The van der Waals surface area contributed by atoms with Gasteiger partial charge in [-0.1, -0.05) is 386 Å². The molecule has 0 aliphatic rings. The van der Waals surface area contributed by atoms with Crippen LogP contribution in [0.2, 0.25) is 0 Å². The largest absolute Gasteiger partial charge is 0.466 e. The van der Waals surface area contributed by atoms with Gasteiger partial charge in [0.1, 0.15) is 0 Å². The van der Waals surface area contributed by atoms with Crippen molar-refractivity contribution >= 4 is 11.9 Å². The topological polar surface area (TPSA) is 95.9 Å². The Labute approximate surface area is 489 Å². The van der Waals surface area contributed by atoms with Gasteiger partial charge >= 0.3 is 5.97 Å². The van der Waals surface area contributed by atoms with Crippen LogP contribution in [-0.2, 0) is 14.3 Å². The van der Waals surface area contributed by atoms with E-state index in [0.717, 1.165) is 38.5 Å². The van der Waals surface area contributed by atoms with E-state index in [9.17, 15) is 19.8 Å². The van der Waals surface area contributed by atoms with Gasteiger partial charge in [-0.3, -0.25) is 9.59 Å². The van der Waals surface area contributed by atoms with E-state index in [1.54, 1.807) is 0 Å². The maximum atomic E-state index is 12.6. The highest BCUT2D eigenvalue weighted by atomic mass is 16.5. The number of ether oxygens (including phenoxy) is 1. The maximum Gasteiger partial charge on any atom is 0.305 e. The Hall–Kier alpha value is -1.14. The Bertz CT molecular complexity index is 1130. The van der Waals surface area contributed by atoms with Crippen LogP contribution in [0.5, 0.6) is 0 Å². The average Bonchev–Trinajstić information content (AvgIpc) is 3.44. The predicted octanol–water partition coefficient (Wildman–Crippen LogP) is 23.4. The molecule has 0 aromatic rings. The van der Waals surface area contributed by atoms with Gasteiger partial charge in [0.05, 0.1) is 25.4 Å². The fourth-order valence-electron chi connectivity index (χ4n) is 11.9. The van der Waals surface area contributed by atoms with E-state index in [-0.39, 0.29) is 18.5 Å². The second-order valence-electron chi connectivity index (χ2n) is 25.3. The number of nitrogens with one attached hydrogen (secondary N) is 1. The molecule has 0 saturated heterocycles. The van der Waals surface area contributed by atoms with E-state index in [1.165, 1.54) is 353 Å². The van der Waals surface area contributed by atoms with Crippen LogP contribution in [0.3, 0.4) is 0 Å². The SMILES string of the molecule is CCCCCCCCCCCCCCCCCCCCCCCCCCCC(O)C(CO)NC(=O)CCCCCCCCCCCCCCCCCCCCCCCCCCOC(=O)CCCCCCCCCCCCCC. The van der Waals surface area contributed by atoms with Gasteiger partial charge in [0, 0.05) is 12.8 Å². The van der Waals surface area contributed by atoms with Crippen LogP contribution in [0.4, 0.5) is 0 Å². The Kier molecular flexibility index (Phi) is 67.4.